The molecule has 0 spiro atoms. The highest BCUT2D eigenvalue weighted by molar-refractivity contribution is 7.92. The third kappa shape index (κ3) is 2.69. The number of nitrogens with one attached hydrogen (secondary N) is 1. The lowest BCUT2D eigenvalue weighted by Crippen LogP contribution is -2.11. The highest BCUT2D eigenvalue weighted by Crippen LogP contribution is 2.19. The van der Waals surface area contributed by atoms with Crippen LogP contribution in [-0.4, -0.2) is 14.7 Å². The second kappa shape index (κ2) is 3.33. The molecule has 0 unspecified atom stereocenters. The van der Waals surface area contributed by atoms with Crippen LogP contribution in [0, 0.1) is 12.7 Å². The van der Waals surface area contributed by atoms with Gasteiger partial charge in [-0.1, -0.05) is 12.1 Å². The quantitative estimate of drug-likeness (QED) is 0.791. The Labute approximate surface area is 76.6 Å². The van der Waals surface area contributed by atoms with Crippen LogP contribution in [-0.2, 0) is 10.0 Å². The van der Waals surface area contributed by atoms with Crippen molar-refractivity contribution in [1.29, 1.82) is 0 Å². The van der Waals surface area contributed by atoms with Crippen LogP contribution in [0.15, 0.2) is 18.2 Å². The van der Waals surface area contributed by atoms with E-state index >= 15 is 0 Å². The minimum atomic E-state index is -3.41. The maximum Gasteiger partial charge on any atom is 0.229 e. The molecule has 1 aromatic carbocycles. The summed E-state index contributed by atoms with van der Waals surface area (Å²) in [7, 11) is -3.41. The van der Waals surface area contributed by atoms with Crippen molar-refractivity contribution in [2.24, 2.45) is 0 Å². The molecule has 0 saturated carbocycles. The van der Waals surface area contributed by atoms with Gasteiger partial charge in [-0.15, -0.1) is 0 Å². The normalized spacial score (nSPS) is 11.3. The molecule has 0 aliphatic carbocycles. The number of rotatable bonds is 2. The smallest absolute Gasteiger partial charge is 0.229 e. The molecule has 0 heterocycles. The molecule has 0 atom stereocenters. The fraction of sp³-hybridized carbons (Fsp3) is 0.250. The predicted molar refractivity (Wildman–Crippen MR) is 49.6 cm³/mol. The number of aryl methyl sites for hydroxylation is 1. The molecule has 0 saturated heterocycles. The van der Waals surface area contributed by atoms with Gasteiger partial charge in [-0.05, 0) is 18.6 Å². The van der Waals surface area contributed by atoms with Gasteiger partial charge < -0.3 is 0 Å². The monoisotopic (exact) mass is 203 g/mol. The average molecular weight is 203 g/mol. The Bertz CT molecular complexity index is 394. The van der Waals surface area contributed by atoms with Crippen LogP contribution in [0.5, 0.6) is 0 Å². The first kappa shape index (κ1) is 9.98. The molecule has 1 rings (SSSR count). The maximum atomic E-state index is 13.1. The molecule has 13 heavy (non-hydrogen) atoms. The Kier molecular flexibility index (Phi) is 2.56. The molecule has 1 N–H and O–H groups in total. The van der Waals surface area contributed by atoms with Gasteiger partial charge in [0.15, 0.2) is 0 Å². The van der Waals surface area contributed by atoms with E-state index in [0.717, 1.165) is 6.26 Å². The van der Waals surface area contributed by atoms with Crippen molar-refractivity contribution >= 4 is 15.7 Å². The number of para-hydroxylation sites is 1. The van der Waals surface area contributed by atoms with Gasteiger partial charge >= 0.3 is 0 Å². The standard InChI is InChI=1S/C8H10FNO2S/c1-6-4-3-5-7(9)8(6)10-13(2,11)12/h3-5,10H,1-2H3. The molecule has 0 aliphatic rings. The Morgan fingerprint density at radius 3 is 2.46 bits per heavy atom. The van der Waals surface area contributed by atoms with E-state index in [9.17, 15) is 12.8 Å². The summed E-state index contributed by atoms with van der Waals surface area (Å²) in [5, 5.41) is 0. The van der Waals surface area contributed by atoms with E-state index in [1.54, 1.807) is 13.0 Å². The lowest BCUT2D eigenvalue weighted by Gasteiger charge is -2.07. The topological polar surface area (TPSA) is 46.2 Å². The first-order valence-corrected chi connectivity index (χ1v) is 5.52. The third-order valence-corrected chi connectivity index (χ3v) is 2.08. The SMILES string of the molecule is Cc1cccc(F)c1NS(C)(=O)=O. The van der Waals surface area contributed by atoms with Gasteiger partial charge in [0.25, 0.3) is 0 Å². The zero-order valence-corrected chi connectivity index (χ0v) is 8.15. The zero-order chi connectivity index (χ0) is 10.1. The number of sulfonamides is 1. The van der Waals surface area contributed by atoms with Crippen LogP contribution in [0.3, 0.4) is 0 Å². The Morgan fingerprint density at radius 2 is 2.00 bits per heavy atom. The van der Waals surface area contributed by atoms with Gasteiger partial charge in [-0.3, -0.25) is 4.72 Å². The molecule has 0 aromatic heterocycles. The molecule has 0 fully saturated rings. The number of hydrogen-bond donors (Lipinski definition) is 1. The van der Waals surface area contributed by atoms with Crippen molar-refractivity contribution in [3.8, 4) is 0 Å². The molecular weight excluding hydrogens is 193 g/mol. The second-order valence-electron chi connectivity index (χ2n) is 2.81. The third-order valence-electron chi connectivity index (χ3n) is 1.51. The number of halogens is 1. The van der Waals surface area contributed by atoms with Crippen LogP contribution < -0.4 is 4.72 Å². The first-order chi connectivity index (χ1) is 5.90. The van der Waals surface area contributed by atoms with E-state index in [1.807, 2.05) is 0 Å². The van der Waals surface area contributed by atoms with Crippen LogP contribution in [0.1, 0.15) is 5.56 Å². The molecule has 0 radical (unpaired) electrons. The Balaban J connectivity index is 3.15. The number of hydrogen-bond acceptors (Lipinski definition) is 2. The molecule has 3 nitrogen and oxygen atoms in total. The lowest BCUT2D eigenvalue weighted by atomic mass is 10.2. The number of anilines is 1. The molecule has 0 amide bonds. The van der Waals surface area contributed by atoms with Gasteiger partial charge in [0.1, 0.15) is 5.82 Å². The summed E-state index contributed by atoms with van der Waals surface area (Å²) in [4.78, 5) is 0. The molecular formula is C8H10FNO2S. The van der Waals surface area contributed by atoms with E-state index in [0.29, 0.717) is 5.56 Å². The second-order valence-corrected chi connectivity index (χ2v) is 4.55. The molecule has 0 bridgehead atoms. The summed E-state index contributed by atoms with van der Waals surface area (Å²) < 4.78 is 36.8. The summed E-state index contributed by atoms with van der Waals surface area (Å²) in [5.74, 6) is -0.564. The van der Waals surface area contributed by atoms with Gasteiger partial charge in [0.2, 0.25) is 10.0 Å². The molecule has 72 valence electrons. The van der Waals surface area contributed by atoms with Crippen LogP contribution in [0.4, 0.5) is 10.1 Å². The highest BCUT2D eigenvalue weighted by atomic mass is 32.2. The minimum absolute atomic E-state index is 0.0185. The highest BCUT2D eigenvalue weighted by Gasteiger charge is 2.09. The summed E-state index contributed by atoms with van der Waals surface area (Å²) in [5.41, 5.74) is 0.579. The van der Waals surface area contributed by atoms with Crippen molar-refractivity contribution < 1.29 is 12.8 Å². The van der Waals surface area contributed by atoms with E-state index in [-0.39, 0.29) is 5.69 Å². The van der Waals surface area contributed by atoms with Gasteiger partial charge in [-0.25, -0.2) is 12.8 Å². The zero-order valence-electron chi connectivity index (χ0n) is 7.33. The van der Waals surface area contributed by atoms with Crippen molar-refractivity contribution in [1.82, 2.24) is 0 Å². The lowest BCUT2D eigenvalue weighted by molar-refractivity contribution is 0.603. The molecule has 5 heteroatoms. The van der Waals surface area contributed by atoms with Crippen LogP contribution >= 0.6 is 0 Å². The average Bonchev–Trinajstić information content (AvgIpc) is 1.95. The minimum Gasteiger partial charge on any atom is -0.281 e. The summed E-state index contributed by atoms with van der Waals surface area (Å²) in [6, 6.07) is 4.37. The van der Waals surface area contributed by atoms with Crippen LogP contribution in [0.25, 0.3) is 0 Å². The van der Waals surface area contributed by atoms with E-state index in [4.69, 9.17) is 0 Å². The number of benzene rings is 1. The van der Waals surface area contributed by atoms with E-state index < -0.39 is 15.8 Å². The van der Waals surface area contributed by atoms with Crippen molar-refractivity contribution in [2.45, 2.75) is 6.92 Å². The van der Waals surface area contributed by atoms with E-state index in [1.165, 1.54) is 12.1 Å². The molecule has 0 aliphatic heterocycles. The van der Waals surface area contributed by atoms with E-state index in [2.05, 4.69) is 4.72 Å². The fourth-order valence-electron chi connectivity index (χ4n) is 0.947. The largest absolute Gasteiger partial charge is 0.281 e. The summed E-state index contributed by atoms with van der Waals surface area (Å²) >= 11 is 0. The Morgan fingerprint density at radius 1 is 1.38 bits per heavy atom. The van der Waals surface area contributed by atoms with Crippen molar-refractivity contribution in [3.63, 3.8) is 0 Å². The van der Waals surface area contributed by atoms with Crippen molar-refractivity contribution in [3.05, 3.63) is 29.6 Å². The van der Waals surface area contributed by atoms with Crippen LogP contribution in [0.2, 0.25) is 0 Å². The summed E-state index contributed by atoms with van der Waals surface area (Å²) in [6.45, 7) is 1.64. The Hall–Kier alpha value is -1.10. The fourth-order valence-corrected chi connectivity index (χ4v) is 1.58. The van der Waals surface area contributed by atoms with Gasteiger partial charge in [0.05, 0.1) is 11.9 Å². The summed E-state index contributed by atoms with van der Waals surface area (Å²) in [6.07, 6.45) is 0.985. The van der Waals surface area contributed by atoms with Gasteiger partial charge in [-0.2, -0.15) is 0 Å². The maximum absolute atomic E-state index is 13.1. The van der Waals surface area contributed by atoms with Crippen molar-refractivity contribution in [2.75, 3.05) is 11.0 Å². The predicted octanol–water partition coefficient (Wildman–Crippen LogP) is 1.51. The first-order valence-electron chi connectivity index (χ1n) is 3.63. The molecule has 1 aromatic rings. The van der Waals surface area contributed by atoms with Gasteiger partial charge in [0, 0.05) is 0 Å².